The van der Waals surface area contributed by atoms with Crippen LogP contribution < -0.4 is 10.6 Å². The standard InChI is InChI=1S/C18H26N2O5/c1-11(2)15(20-17(22)14-9-6-10-24-14)18(23)25-12(3)16(21)19-13-7-4-5-8-13/h6,9-13,15H,4-5,7-8H2,1-3H3,(H,19,21)(H,20,22)/t12-,15-/m1/s1. The van der Waals surface area contributed by atoms with E-state index in [-0.39, 0.29) is 23.6 Å². The van der Waals surface area contributed by atoms with E-state index in [1.165, 1.54) is 19.3 Å². The Hall–Kier alpha value is -2.31. The van der Waals surface area contributed by atoms with Gasteiger partial charge in [0.2, 0.25) is 0 Å². The minimum atomic E-state index is -0.908. The molecular formula is C18H26N2O5. The van der Waals surface area contributed by atoms with Crippen molar-refractivity contribution in [2.24, 2.45) is 5.92 Å². The minimum absolute atomic E-state index is 0.116. The quantitative estimate of drug-likeness (QED) is 0.733. The highest BCUT2D eigenvalue weighted by Crippen LogP contribution is 2.18. The van der Waals surface area contributed by atoms with E-state index in [0.29, 0.717) is 0 Å². The van der Waals surface area contributed by atoms with Gasteiger partial charge in [-0.25, -0.2) is 4.79 Å². The topological polar surface area (TPSA) is 97.6 Å². The van der Waals surface area contributed by atoms with Crippen LogP contribution in [0.15, 0.2) is 22.8 Å². The lowest BCUT2D eigenvalue weighted by atomic mass is 10.0. The number of nitrogens with one attached hydrogen (secondary N) is 2. The van der Waals surface area contributed by atoms with Crippen molar-refractivity contribution < 1.29 is 23.5 Å². The third kappa shape index (κ3) is 5.34. The van der Waals surface area contributed by atoms with Crippen LogP contribution in [-0.4, -0.2) is 36.0 Å². The number of ether oxygens (including phenoxy) is 1. The second kappa shape index (κ2) is 8.69. The smallest absolute Gasteiger partial charge is 0.329 e. The fourth-order valence-electron chi connectivity index (χ4n) is 2.81. The first-order valence-electron chi connectivity index (χ1n) is 8.73. The van der Waals surface area contributed by atoms with E-state index in [1.807, 2.05) is 0 Å². The molecule has 0 aromatic carbocycles. The third-order valence-electron chi connectivity index (χ3n) is 4.32. The number of hydrogen-bond acceptors (Lipinski definition) is 5. The zero-order chi connectivity index (χ0) is 18.4. The molecule has 1 heterocycles. The largest absolute Gasteiger partial charge is 0.459 e. The predicted octanol–water partition coefficient (Wildman–Crippen LogP) is 2.02. The van der Waals surface area contributed by atoms with Crippen molar-refractivity contribution in [3.8, 4) is 0 Å². The average Bonchev–Trinajstić information content (AvgIpc) is 3.25. The van der Waals surface area contributed by atoms with Crippen molar-refractivity contribution in [2.45, 2.75) is 64.6 Å². The molecule has 2 atom stereocenters. The average molecular weight is 350 g/mol. The number of carbonyl (C=O) groups is 3. The van der Waals surface area contributed by atoms with E-state index in [1.54, 1.807) is 19.9 Å². The monoisotopic (exact) mass is 350 g/mol. The van der Waals surface area contributed by atoms with Gasteiger partial charge in [0.05, 0.1) is 6.26 Å². The van der Waals surface area contributed by atoms with Gasteiger partial charge in [-0.2, -0.15) is 0 Å². The molecule has 1 aromatic heterocycles. The molecule has 1 saturated carbocycles. The van der Waals surface area contributed by atoms with Gasteiger partial charge < -0.3 is 19.8 Å². The molecule has 0 bridgehead atoms. The van der Waals surface area contributed by atoms with Crippen LogP contribution in [-0.2, 0) is 14.3 Å². The summed E-state index contributed by atoms with van der Waals surface area (Å²) in [7, 11) is 0. The first-order chi connectivity index (χ1) is 11.9. The molecule has 1 aliphatic rings. The fraction of sp³-hybridized carbons (Fsp3) is 0.611. The molecule has 0 unspecified atom stereocenters. The fourth-order valence-corrected chi connectivity index (χ4v) is 2.81. The van der Waals surface area contributed by atoms with Gasteiger partial charge in [0, 0.05) is 6.04 Å². The van der Waals surface area contributed by atoms with Crippen molar-refractivity contribution in [3.05, 3.63) is 24.2 Å². The molecule has 7 nitrogen and oxygen atoms in total. The molecular weight excluding hydrogens is 324 g/mol. The Labute approximate surface area is 147 Å². The summed E-state index contributed by atoms with van der Waals surface area (Å²) in [5.74, 6) is -1.52. The number of esters is 1. The molecule has 7 heteroatoms. The van der Waals surface area contributed by atoms with Gasteiger partial charge in [0.15, 0.2) is 11.9 Å². The van der Waals surface area contributed by atoms with Gasteiger partial charge in [-0.05, 0) is 37.8 Å². The van der Waals surface area contributed by atoms with Gasteiger partial charge in [-0.3, -0.25) is 9.59 Å². The van der Waals surface area contributed by atoms with E-state index < -0.39 is 24.0 Å². The van der Waals surface area contributed by atoms with Crippen LogP contribution in [0.1, 0.15) is 57.0 Å². The van der Waals surface area contributed by atoms with Gasteiger partial charge in [0.1, 0.15) is 6.04 Å². The van der Waals surface area contributed by atoms with E-state index in [0.717, 1.165) is 25.7 Å². The maximum absolute atomic E-state index is 12.4. The van der Waals surface area contributed by atoms with Crippen LogP contribution >= 0.6 is 0 Å². The van der Waals surface area contributed by atoms with Crippen LogP contribution in [0.2, 0.25) is 0 Å². The Morgan fingerprint density at radius 3 is 2.44 bits per heavy atom. The summed E-state index contributed by atoms with van der Waals surface area (Å²) in [4.78, 5) is 36.6. The van der Waals surface area contributed by atoms with Crippen LogP contribution in [0.5, 0.6) is 0 Å². The van der Waals surface area contributed by atoms with Crippen molar-refractivity contribution in [3.63, 3.8) is 0 Å². The number of furan rings is 1. The third-order valence-corrected chi connectivity index (χ3v) is 4.32. The zero-order valence-corrected chi connectivity index (χ0v) is 14.9. The van der Waals surface area contributed by atoms with Gasteiger partial charge in [-0.15, -0.1) is 0 Å². The summed E-state index contributed by atoms with van der Waals surface area (Å²) in [6, 6.07) is 2.40. The van der Waals surface area contributed by atoms with Crippen molar-refractivity contribution in [1.29, 1.82) is 0 Å². The molecule has 0 radical (unpaired) electrons. The molecule has 1 fully saturated rings. The van der Waals surface area contributed by atoms with Crippen molar-refractivity contribution in [2.75, 3.05) is 0 Å². The Balaban J connectivity index is 1.90. The minimum Gasteiger partial charge on any atom is -0.459 e. The normalized spacial score (nSPS) is 17.1. The lowest BCUT2D eigenvalue weighted by Crippen LogP contribution is -2.48. The molecule has 1 aromatic rings. The highest BCUT2D eigenvalue weighted by Gasteiger charge is 2.30. The summed E-state index contributed by atoms with van der Waals surface area (Å²) < 4.78 is 10.3. The van der Waals surface area contributed by atoms with Crippen molar-refractivity contribution in [1.82, 2.24) is 10.6 Å². The van der Waals surface area contributed by atoms with E-state index in [9.17, 15) is 14.4 Å². The molecule has 2 N–H and O–H groups in total. The van der Waals surface area contributed by atoms with Crippen LogP contribution in [0.25, 0.3) is 0 Å². The maximum atomic E-state index is 12.4. The Bertz CT molecular complexity index is 591. The first-order valence-corrected chi connectivity index (χ1v) is 8.73. The highest BCUT2D eigenvalue weighted by atomic mass is 16.5. The van der Waals surface area contributed by atoms with Crippen LogP contribution in [0, 0.1) is 5.92 Å². The van der Waals surface area contributed by atoms with E-state index in [2.05, 4.69) is 10.6 Å². The summed E-state index contributed by atoms with van der Waals surface area (Å²) in [5, 5.41) is 5.49. The van der Waals surface area contributed by atoms with Gasteiger partial charge in [0.25, 0.3) is 11.8 Å². The highest BCUT2D eigenvalue weighted by molar-refractivity contribution is 5.95. The molecule has 25 heavy (non-hydrogen) atoms. The Kier molecular flexibility index (Phi) is 6.61. The number of amides is 2. The van der Waals surface area contributed by atoms with Crippen LogP contribution in [0.4, 0.5) is 0 Å². The summed E-state index contributed by atoms with van der Waals surface area (Å²) in [5.41, 5.74) is 0. The summed E-state index contributed by atoms with van der Waals surface area (Å²) in [6.45, 7) is 5.11. The number of carbonyl (C=O) groups excluding carboxylic acids is 3. The molecule has 1 aliphatic carbocycles. The molecule has 2 amide bonds. The van der Waals surface area contributed by atoms with Crippen LogP contribution in [0.3, 0.4) is 0 Å². The first kappa shape index (κ1) is 19.0. The Morgan fingerprint density at radius 1 is 1.20 bits per heavy atom. The Morgan fingerprint density at radius 2 is 1.88 bits per heavy atom. The zero-order valence-electron chi connectivity index (χ0n) is 14.9. The summed E-state index contributed by atoms with van der Waals surface area (Å²) in [6.07, 6.45) is 4.60. The second-order valence-electron chi connectivity index (χ2n) is 6.74. The molecule has 0 aliphatic heterocycles. The predicted molar refractivity (Wildman–Crippen MR) is 90.8 cm³/mol. The molecule has 138 valence electrons. The second-order valence-corrected chi connectivity index (χ2v) is 6.74. The van der Waals surface area contributed by atoms with Crippen molar-refractivity contribution >= 4 is 17.8 Å². The van der Waals surface area contributed by atoms with E-state index >= 15 is 0 Å². The number of rotatable bonds is 7. The lowest BCUT2D eigenvalue weighted by Gasteiger charge is -2.23. The van der Waals surface area contributed by atoms with Gasteiger partial charge in [-0.1, -0.05) is 26.7 Å². The maximum Gasteiger partial charge on any atom is 0.329 e. The molecule has 0 saturated heterocycles. The summed E-state index contributed by atoms with van der Waals surface area (Å²) >= 11 is 0. The molecule has 0 spiro atoms. The lowest BCUT2D eigenvalue weighted by molar-refractivity contribution is -0.157. The SMILES string of the molecule is CC(C)[C@@H](NC(=O)c1ccco1)C(=O)O[C@H](C)C(=O)NC1CCCC1. The van der Waals surface area contributed by atoms with Gasteiger partial charge >= 0.3 is 5.97 Å². The number of hydrogen-bond donors (Lipinski definition) is 2. The van der Waals surface area contributed by atoms with E-state index in [4.69, 9.17) is 9.15 Å². The molecule has 2 rings (SSSR count).